The molecule has 132 valence electrons. The number of amides is 2. The van der Waals surface area contributed by atoms with Gasteiger partial charge in [-0.15, -0.1) is 0 Å². The standard InChI is InChI=1S/C17H17BrN2O4S/c1-20(15-8-3-2-4-9-15)17(22)12-25(23,24)11-16(21)19-14-7-5-6-13(18)10-14/h2-10H,11-12H2,1H3,(H,19,21). The lowest BCUT2D eigenvalue weighted by Crippen LogP contribution is -2.35. The van der Waals surface area contributed by atoms with Crippen molar-refractivity contribution < 1.29 is 18.0 Å². The van der Waals surface area contributed by atoms with E-state index in [2.05, 4.69) is 21.2 Å². The number of nitrogens with zero attached hydrogens (tertiary/aromatic N) is 1. The Balaban J connectivity index is 1.96. The van der Waals surface area contributed by atoms with Crippen molar-refractivity contribution in [3.05, 3.63) is 59.1 Å². The van der Waals surface area contributed by atoms with Crippen molar-refractivity contribution in [1.29, 1.82) is 0 Å². The molecule has 0 aliphatic heterocycles. The zero-order valence-electron chi connectivity index (χ0n) is 13.5. The zero-order valence-corrected chi connectivity index (χ0v) is 15.9. The van der Waals surface area contributed by atoms with Crippen LogP contribution in [0.1, 0.15) is 0 Å². The van der Waals surface area contributed by atoms with Crippen LogP contribution in [0.15, 0.2) is 59.1 Å². The van der Waals surface area contributed by atoms with Gasteiger partial charge in [0.05, 0.1) is 0 Å². The number of sulfone groups is 1. The number of nitrogens with one attached hydrogen (secondary N) is 1. The number of halogens is 1. The SMILES string of the molecule is CN(C(=O)CS(=O)(=O)CC(=O)Nc1cccc(Br)c1)c1ccccc1. The van der Waals surface area contributed by atoms with Crippen molar-refractivity contribution in [2.45, 2.75) is 0 Å². The second-order valence-electron chi connectivity index (χ2n) is 5.38. The number of carbonyl (C=O) groups excluding carboxylic acids is 2. The van der Waals surface area contributed by atoms with Crippen molar-refractivity contribution in [3.63, 3.8) is 0 Å². The molecular formula is C17H17BrN2O4S. The topological polar surface area (TPSA) is 83.6 Å². The van der Waals surface area contributed by atoms with E-state index in [1.807, 2.05) is 0 Å². The van der Waals surface area contributed by atoms with E-state index in [0.717, 1.165) is 4.47 Å². The fourth-order valence-corrected chi connectivity index (χ4v) is 3.64. The molecule has 8 heteroatoms. The highest BCUT2D eigenvalue weighted by molar-refractivity contribution is 9.10. The fourth-order valence-electron chi connectivity index (χ4n) is 2.09. The van der Waals surface area contributed by atoms with Gasteiger partial charge in [-0.2, -0.15) is 0 Å². The molecule has 1 N–H and O–H groups in total. The van der Waals surface area contributed by atoms with Crippen LogP contribution in [-0.2, 0) is 19.4 Å². The van der Waals surface area contributed by atoms with Crippen molar-refractivity contribution in [1.82, 2.24) is 0 Å². The van der Waals surface area contributed by atoms with Crippen LogP contribution in [0.3, 0.4) is 0 Å². The van der Waals surface area contributed by atoms with E-state index in [0.29, 0.717) is 11.4 Å². The number of rotatable bonds is 6. The van der Waals surface area contributed by atoms with Gasteiger partial charge >= 0.3 is 0 Å². The summed E-state index contributed by atoms with van der Waals surface area (Å²) in [5.41, 5.74) is 1.06. The van der Waals surface area contributed by atoms with Crippen molar-refractivity contribution in [2.24, 2.45) is 0 Å². The van der Waals surface area contributed by atoms with Crippen LogP contribution >= 0.6 is 15.9 Å². The van der Waals surface area contributed by atoms with E-state index in [1.165, 1.54) is 11.9 Å². The van der Waals surface area contributed by atoms with Gasteiger partial charge in [0.25, 0.3) is 0 Å². The molecule has 0 aromatic heterocycles. The molecule has 0 aliphatic rings. The third-order valence-electron chi connectivity index (χ3n) is 3.32. The molecule has 0 spiro atoms. The third-order valence-corrected chi connectivity index (χ3v) is 5.20. The molecule has 2 aromatic rings. The summed E-state index contributed by atoms with van der Waals surface area (Å²) in [6.45, 7) is 0. The van der Waals surface area contributed by atoms with Gasteiger partial charge in [-0.1, -0.05) is 40.2 Å². The second kappa shape index (κ2) is 8.26. The first-order chi connectivity index (χ1) is 11.8. The largest absolute Gasteiger partial charge is 0.325 e. The average Bonchev–Trinajstić information content (AvgIpc) is 2.53. The molecule has 0 saturated carbocycles. The van der Waals surface area contributed by atoms with Gasteiger partial charge in [0, 0.05) is 22.9 Å². The highest BCUT2D eigenvalue weighted by atomic mass is 79.9. The minimum Gasteiger partial charge on any atom is -0.325 e. The van der Waals surface area contributed by atoms with Gasteiger partial charge < -0.3 is 10.2 Å². The second-order valence-corrected chi connectivity index (χ2v) is 8.36. The van der Waals surface area contributed by atoms with Crippen LogP contribution in [0.5, 0.6) is 0 Å². The molecule has 0 aliphatic carbocycles. The minimum atomic E-state index is -3.88. The Morgan fingerprint density at radius 2 is 1.72 bits per heavy atom. The summed E-state index contributed by atoms with van der Waals surface area (Å²) < 4.78 is 25.0. The monoisotopic (exact) mass is 424 g/mol. The Labute approximate surface area is 154 Å². The Hall–Kier alpha value is -2.19. The number of hydrogen-bond donors (Lipinski definition) is 1. The fraction of sp³-hybridized carbons (Fsp3) is 0.176. The molecule has 0 unspecified atom stereocenters. The molecule has 0 bridgehead atoms. The van der Waals surface area contributed by atoms with Gasteiger partial charge in [-0.25, -0.2) is 8.42 Å². The molecule has 2 amide bonds. The zero-order chi connectivity index (χ0) is 18.4. The first-order valence-corrected chi connectivity index (χ1v) is 9.96. The Morgan fingerprint density at radius 3 is 2.36 bits per heavy atom. The van der Waals surface area contributed by atoms with E-state index in [9.17, 15) is 18.0 Å². The highest BCUT2D eigenvalue weighted by Gasteiger charge is 2.23. The average molecular weight is 425 g/mol. The van der Waals surface area contributed by atoms with E-state index in [4.69, 9.17) is 0 Å². The molecule has 0 saturated heterocycles. The van der Waals surface area contributed by atoms with Crippen LogP contribution in [0.25, 0.3) is 0 Å². The van der Waals surface area contributed by atoms with Gasteiger partial charge in [0.15, 0.2) is 9.84 Å². The summed E-state index contributed by atoms with van der Waals surface area (Å²) in [6, 6.07) is 15.5. The van der Waals surface area contributed by atoms with E-state index in [1.54, 1.807) is 54.6 Å². The molecule has 0 fully saturated rings. The Bertz CT molecular complexity index is 869. The summed E-state index contributed by atoms with van der Waals surface area (Å²) >= 11 is 3.26. The highest BCUT2D eigenvalue weighted by Crippen LogP contribution is 2.16. The maximum atomic E-state index is 12.2. The lowest BCUT2D eigenvalue weighted by molar-refractivity contribution is -0.116. The third kappa shape index (κ3) is 5.99. The number of para-hydroxylation sites is 1. The van der Waals surface area contributed by atoms with E-state index < -0.39 is 33.2 Å². The van der Waals surface area contributed by atoms with Crippen LogP contribution in [0, 0.1) is 0 Å². The summed E-state index contributed by atoms with van der Waals surface area (Å²) in [5, 5.41) is 2.50. The smallest absolute Gasteiger partial charge is 0.241 e. The lowest BCUT2D eigenvalue weighted by Gasteiger charge is -2.17. The van der Waals surface area contributed by atoms with Gasteiger partial charge in [-0.05, 0) is 30.3 Å². The summed E-state index contributed by atoms with van der Waals surface area (Å²) in [4.78, 5) is 25.3. The molecule has 0 radical (unpaired) electrons. The molecule has 6 nitrogen and oxygen atoms in total. The quantitative estimate of drug-likeness (QED) is 0.771. The summed E-state index contributed by atoms with van der Waals surface area (Å²) in [6.07, 6.45) is 0. The molecule has 25 heavy (non-hydrogen) atoms. The molecule has 0 atom stereocenters. The van der Waals surface area contributed by atoms with E-state index in [-0.39, 0.29) is 0 Å². The molecule has 0 heterocycles. The molecular weight excluding hydrogens is 408 g/mol. The summed E-state index contributed by atoms with van der Waals surface area (Å²) in [7, 11) is -2.38. The van der Waals surface area contributed by atoms with Crippen LogP contribution in [-0.4, -0.2) is 38.8 Å². The first-order valence-electron chi connectivity index (χ1n) is 7.34. The summed E-state index contributed by atoms with van der Waals surface area (Å²) in [5.74, 6) is -2.77. The predicted octanol–water partition coefficient (Wildman–Crippen LogP) is 2.47. The first kappa shape index (κ1) is 19.1. The van der Waals surface area contributed by atoms with Gasteiger partial charge in [0.2, 0.25) is 11.8 Å². The number of hydrogen-bond acceptors (Lipinski definition) is 4. The normalized spacial score (nSPS) is 11.0. The van der Waals surface area contributed by atoms with Crippen LogP contribution < -0.4 is 10.2 Å². The lowest BCUT2D eigenvalue weighted by atomic mass is 10.3. The Morgan fingerprint density at radius 1 is 1.04 bits per heavy atom. The van der Waals surface area contributed by atoms with Gasteiger partial charge in [-0.3, -0.25) is 9.59 Å². The van der Waals surface area contributed by atoms with Crippen molar-refractivity contribution in [2.75, 3.05) is 28.8 Å². The van der Waals surface area contributed by atoms with Crippen molar-refractivity contribution in [3.8, 4) is 0 Å². The minimum absolute atomic E-state index is 0.474. The Kier molecular flexibility index (Phi) is 6.33. The van der Waals surface area contributed by atoms with Crippen LogP contribution in [0.2, 0.25) is 0 Å². The van der Waals surface area contributed by atoms with Gasteiger partial charge in [0.1, 0.15) is 11.5 Å². The van der Waals surface area contributed by atoms with Crippen LogP contribution in [0.4, 0.5) is 11.4 Å². The molecule has 2 rings (SSSR count). The number of anilines is 2. The predicted molar refractivity (Wildman–Crippen MR) is 101 cm³/mol. The number of carbonyl (C=O) groups is 2. The van der Waals surface area contributed by atoms with Crippen molar-refractivity contribution >= 4 is 49.0 Å². The maximum Gasteiger partial charge on any atom is 0.241 e. The maximum absolute atomic E-state index is 12.2. The number of benzene rings is 2. The van der Waals surface area contributed by atoms with E-state index >= 15 is 0 Å². The molecule has 2 aromatic carbocycles.